The van der Waals surface area contributed by atoms with Crippen LogP contribution in [0.2, 0.25) is 0 Å². The number of allylic oxidation sites excluding steroid dienone is 2. The highest BCUT2D eigenvalue weighted by Gasteiger charge is 2.08. The van der Waals surface area contributed by atoms with Crippen LogP contribution in [-0.4, -0.2) is 26.3 Å². The molecule has 0 aliphatic rings. The summed E-state index contributed by atoms with van der Waals surface area (Å²) in [5.41, 5.74) is 0.951. The fraction of sp³-hybridized carbons (Fsp3) is 0.200. The van der Waals surface area contributed by atoms with E-state index in [1.165, 1.54) is 13.2 Å². The molecule has 0 aromatic heterocycles. The van der Waals surface area contributed by atoms with Gasteiger partial charge in [0.2, 0.25) is 0 Å². The van der Waals surface area contributed by atoms with E-state index in [0.717, 1.165) is 5.56 Å². The number of carbonyl (C=O) groups is 1. The molecule has 1 aromatic carbocycles. The summed E-state index contributed by atoms with van der Waals surface area (Å²) in [6.07, 6.45) is 4.88. The summed E-state index contributed by atoms with van der Waals surface area (Å²) in [7, 11) is 1.51. The van der Waals surface area contributed by atoms with Crippen LogP contribution in [0.25, 0.3) is 6.08 Å². The number of carbonyl (C=O) groups excluding carboxylic acids is 1. The van der Waals surface area contributed by atoms with Crippen LogP contribution in [0.5, 0.6) is 0 Å². The first kappa shape index (κ1) is 14.7. The Morgan fingerprint density at radius 2 is 2.05 bits per heavy atom. The summed E-state index contributed by atoms with van der Waals surface area (Å²) in [5, 5.41) is 8.87. The van der Waals surface area contributed by atoms with Crippen LogP contribution in [0.15, 0.2) is 48.1 Å². The van der Waals surface area contributed by atoms with Gasteiger partial charge in [-0.3, -0.25) is 0 Å². The first-order valence-electron chi connectivity index (χ1n) is 5.77. The third-order valence-electron chi connectivity index (χ3n) is 2.21. The molecule has 1 aromatic rings. The molecule has 0 aliphatic heterocycles. The van der Waals surface area contributed by atoms with E-state index in [2.05, 4.69) is 0 Å². The van der Waals surface area contributed by atoms with Gasteiger partial charge in [0, 0.05) is 7.11 Å². The lowest BCUT2D eigenvalue weighted by Gasteiger charge is -2.01. The van der Waals surface area contributed by atoms with Gasteiger partial charge in [-0.15, -0.1) is 0 Å². The Balaban J connectivity index is 2.60. The molecule has 0 N–H and O–H groups in total. The maximum absolute atomic E-state index is 11.5. The Labute approximate surface area is 112 Å². The second-order valence-electron chi connectivity index (χ2n) is 3.59. The number of rotatable bonds is 6. The number of hydrogen-bond acceptors (Lipinski definition) is 4. The highest BCUT2D eigenvalue weighted by Crippen LogP contribution is 2.03. The zero-order valence-corrected chi connectivity index (χ0v) is 10.7. The summed E-state index contributed by atoms with van der Waals surface area (Å²) in [6.45, 7) is 0.445. The molecular formula is C15H15NO3. The van der Waals surface area contributed by atoms with Gasteiger partial charge in [0.15, 0.2) is 0 Å². The number of hydrogen-bond donors (Lipinski definition) is 0. The topological polar surface area (TPSA) is 59.3 Å². The number of methoxy groups -OCH3 is 1. The van der Waals surface area contributed by atoms with Crippen molar-refractivity contribution in [2.24, 2.45) is 0 Å². The molecule has 0 fully saturated rings. The minimum absolute atomic E-state index is 0.0386. The van der Waals surface area contributed by atoms with E-state index in [-0.39, 0.29) is 12.2 Å². The molecule has 98 valence electrons. The predicted octanol–water partition coefficient (Wildman–Crippen LogP) is 2.34. The summed E-state index contributed by atoms with van der Waals surface area (Å²) < 4.78 is 9.60. The molecule has 1 rings (SSSR count). The van der Waals surface area contributed by atoms with Crippen LogP contribution in [0.3, 0.4) is 0 Å². The minimum atomic E-state index is -0.641. The number of esters is 1. The Bertz CT molecular complexity index is 498. The quantitative estimate of drug-likeness (QED) is 0.258. The van der Waals surface area contributed by atoms with Gasteiger partial charge >= 0.3 is 5.97 Å². The summed E-state index contributed by atoms with van der Waals surface area (Å²) in [6, 6.07) is 11.4. The van der Waals surface area contributed by atoms with E-state index in [1.54, 1.807) is 12.2 Å². The van der Waals surface area contributed by atoms with Crippen LogP contribution in [0, 0.1) is 11.3 Å². The number of ether oxygens (including phenoxy) is 2. The molecule has 0 saturated heterocycles. The van der Waals surface area contributed by atoms with Crippen molar-refractivity contribution < 1.29 is 14.3 Å². The molecule has 0 bridgehead atoms. The fourth-order valence-corrected chi connectivity index (χ4v) is 1.27. The largest absolute Gasteiger partial charge is 0.459 e. The monoisotopic (exact) mass is 257 g/mol. The number of nitrogens with zero attached hydrogens (tertiary/aromatic N) is 1. The molecule has 0 unspecified atom stereocenters. The van der Waals surface area contributed by atoms with Crippen molar-refractivity contribution in [1.82, 2.24) is 0 Å². The van der Waals surface area contributed by atoms with Crippen molar-refractivity contribution in [1.29, 1.82) is 5.26 Å². The van der Waals surface area contributed by atoms with E-state index in [9.17, 15) is 4.79 Å². The lowest BCUT2D eigenvalue weighted by Crippen LogP contribution is -2.10. The van der Waals surface area contributed by atoms with Gasteiger partial charge in [-0.2, -0.15) is 5.26 Å². The standard InChI is InChI=1S/C15H15NO3/c1-18-10-11-19-15(17)14(12-16)9-5-8-13-6-3-2-4-7-13/h2-9H,10-11H2,1H3/b8-5+,14-9+. The first-order valence-corrected chi connectivity index (χ1v) is 5.77. The first-order chi connectivity index (χ1) is 9.27. The van der Waals surface area contributed by atoms with Crippen LogP contribution >= 0.6 is 0 Å². The molecule has 4 heteroatoms. The molecule has 0 aliphatic carbocycles. The summed E-state index contributed by atoms with van der Waals surface area (Å²) >= 11 is 0. The molecule has 0 atom stereocenters. The highest BCUT2D eigenvalue weighted by atomic mass is 16.6. The summed E-state index contributed by atoms with van der Waals surface area (Å²) in [5.74, 6) is -0.641. The summed E-state index contributed by atoms with van der Waals surface area (Å²) in [4.78, 5) is 11.5. The van der Waals surface area contributed by atoms with Crippen LogP contribution in [0.1, 0.15) is 5.56 Å². The van der Waals surface area contributed by atoms with E-state index >= 15 is 0 Å². The highest BCUT2D eigenvalue weighted by molar-refractivity contribution is 5.93. The molecular weight excluding hydrogens is 242 g/mol. The van der Waals surface area contributed by atoms with Crippen molar-refractivity contribution in [3.63, 3.8) is 0 Å². The number of nitriles is 1. The van der Waals surface area contributed by atoms with Crippen molar-refractivity contribution in [3.8, 4) is 6.07 Å². The average molecular weight is 257 g/mol. The second-order valence-corrected chi connectivity index (χ2v) is 3.59. The van der Waals surface area contributed by atoms with E-state index in [4.69, 9.17) is 14.7 Å². The smallest absolute Gasteiger partial charge is 0.348 e. The van der Waals surface area contributed by atoms with E-state index in [0.29, 0.717) is 6.61 Å². The lowest BCUT2D eigenvalue weighted by molar-refractivity contribution is -0.139. The Kier molecular flexibility index (Phi) is 6.70. The van der Waals surface area contributed by atoms with Crippen molar-refractivity contribution in [2.75, 3.05) is 20.3 Å². The third-order valence-corrected chi connectivity index (χ3v) is 2.21. The van der Waals surface area contributed by atoms with Crippen LogP contribution in [-0.2, 0) is 14.3 Å². The van der Waals surface area contributed by atoms with Gasteiger partial charge in [-0.1, -0.05) is 42.5 Å². The van der Waals surface area contributed by atoms with Crippen LogP contribution < -0.4 is 0 Å². The van der Waals surface area contributed by atoms with Crippen molar-refractivity contribution >= 4 is 12.0 Å². The zero-order valence-electron chi connectivity index (χ0n) is 10.7. The minimum Gasteiger partial charge on any atom is -0.459 e. The molecule has 0 spiro atoms. The molecule has 19 heavy (non-hydrogen) atoms. The Morgan fingerprint density at radius 1 is 1.32 bits per heavy atom. The van der Waals surface area contributed by atoms with Crippen molar-refractivity contribution in [3.05, 3.63) is 53.6 Å². The van der Waals surface area contributed by atoms with Gasteiger partial charge in [-0.05, 0) is 11.6 Å². The average Bonchev–Trinajstić information content (AvgIpc) is 2.45. The third kappa shape index (κ3) is 5.66. The molecule has 0 radical (unpaired) electrons. The van der Waals surface area contributed by atoms with Gasteiger partial charge in [0.25, 0.3) is 0 Å². The zero-order chi connectivity index (χ0) is 13.9. The van der Waals surface area contributed by atoms with Gasteiger partial charge < -0.3 is 9.47 Å². The Morgan fingerprint density at radius 3 is 2.68 bits per heavy atom. The maximum Gasteiger partial charge on any atom is 0.348 e. The maximum atomic E-state index is 11.5. The van der Waals surface area contributed by atoms with Crippen LogP contribution in [0.4, 0.5) is 0 Å². The van der Waals surface area contributed by atoms with Crippen molar-refractivity contribution in [2.45, 2.75) is 0 Å². The van der Waals surface area contributed by atoms with E-state index < -0.39 is 5.97 Å². The molecule has 0 heterocycles. The number of benzene rings is 1. The van der Waals surface area contributed by atoms with E-state index in [1.807, 2.05) is 36.4 Å². The molecule has 0 saturated carbocycles. The molecule has 4 nitrogen and oxygen atoms in total. The molecule has 0 amide bonds. The Hall–Kier alpha value is -2.38. The fourth-order valence-electron chi connectivity index (χ4n) is 1.27. The predicted molar refractivity (Wildman–Crippen MR) is 72.0 cm³/mol. The van der Waals surface area contributed by atoms with Gasteiger partial charge in [-0.25, -0.2) is 4.79 Å². The second kappa shape index (κ2) is 8.67. The normalized spacial score (nSPS) is 11.3. The van der Waals surface area contributed by atoms with Gasteiger partial charge in [0.1, 0.15) is 18.2 Å². The SMILES string of the molecule is COCCOC(=O)/C(C#N)=C/C=C/c1ccccc1. The van der Waals surface area contributed by atoms with Gasteiger partial charge in [0.05, 0.1) is 6.61 Å². The lowest BCUT2D eigenvalue weighted by atomic mass is 10.2.